The normalized spacial score (nSPS) is 10.2. The van der Waals surface area contributed by atoms with Crippen LogP contribution >= 0.6 is 15.9 Å². The summed E-state index contributed by atoms with van der Waals surface area (Å²) in [5, 5.41) is 0. The van der Waals surface area contributed by atoms with Crippen LogP contribution in [-0.4, -0.2) is 14.5 Å². The van der Waals surface area contributed by atoms with Gasteiger partial charge in [0.15, 0.2) is 0 Å². The Hall–Kier alpha value is -1.36. The van der Waals surface area contributed by atoms with E-state index in [2.05, 4.69) is 25.9 Å². The van der Waals surface area contributed by atoms with Crippen LogP contribution in [0.25, 0.3) is 5.69 Å². The first-order valence-corrected chi connectivity index (χ1v) is 4.46. The molecule has 0 aliphatic heterocycles. The lowest BCUT2D eigenvalue weighted by Gasteiger charge is -2.05. The molecule has 0 amide bonds. The van der Waals surface area contributed by atoms with Gasteiger partial charge in [0.2, 0.25) is 0 Å². The Morgan fingerprint density at radius 2 is 2.23 bits per heavy atom. The second-order valence-electron chi connectivity index (χ2n) is 2.50. The van der Waals surface area contributed by atoms with Gasteiger partial charge in [-0.05, 0) is 22.0 Å². The third kappa shape index (κ3) is 1.42. The molecule has 0 unspecified atom stereocenters. The molecule has 0 aliphatic rings. The van der Waals surface area contributed by atoms with Crippen molar-refractivity contribution in [1.29, 1.82) is 0 Å². The molecular formula is C8H7BrN4. The first-order chi connectivity index (χ1) is 6.29. The van der Waals surface area contributed by atoms with Gasteiger partial charge < -0.3 is 10.3 Å². The molecule has 66 valence electrons. The first kappa shape index (κ1) is 8.25. The van der Waals surface area contributed by atoms with Crippen molar-refractivity contribution in [1.82, 2.24) is 14.5 Å². The maximum absolute atomic E-state index is 5.63. The van der Waals surface area contributed by atoms with Crippen LogP contribution in [0, 0.1) is 0 Å². The molecular weight excluding hydrogens is 232 g/mol. The third-order valence-corrected chi connectivity index (χ3v) is 2.49. The lowest BCUT2D eigenvalue weighted by atomic mass is 10.4. The molecule has 2 rings (SSSR count). The Morgan fingerprint density at radius 1 is 1.38 bits per heavy atom. The zero-order valence-electron chi connectivity index (χ0n) is 6.68. The summed E-state index contributed by atoms with van der Waals surface area (Å²) in [6.45, 7) is 0. The standard InChI is InChI=1S/C8H7BrN4/c9-7-6(1-2-12-8(7)10)13-4-3-11-5-13/h1-5H,(H2,10,12). The van der Waals surface area contributed by atoms with Crippen molar-refractivity contribution in [2.45, 2.75) is 0 Å². The molecule has 2 N–H and O–H groups in total. The molecule has 0 aromatic carbocycles. The average Bonchev–Trinajstić information content (AvgIpc) is 2.62. The van der Waals surface area contributed by atoms with Crippen molar-refractivity contribution in [3.8, 4) is 5.69 Å². The summed E-state index contributed by atoms with van der Waals surface area (Å²) in [5.41, 5.74) is 6.57. The quantitative estimate of drug-likeness (QED) is 0.822. The summed E-state index contributed by atoms with van der Waals surface area (Å²) in [4.78, 5) is 7.90. The molecule has 0 fully saturated rings. The highest BCUT2D eigenvalue weighted by Crippen LogP contribution is 2.24. The topological polar surface area (TPSA) is 56.7 Å². The molecule has 0 spiro atoms. The van der Waals surface area contributed by atoms with Crippen LogP contribution in [0.1, 0.15) is 0 Å². The van der Waals surface area contributed by atoms with E-state index in [0.29, 0.717) is 5.82 Å². The van der Waals surface area contributed by atoms with Crippen molar-refractivity contribution in [3.63, 3.8) is 0 Å². The van der Waals surface area contributed by atoms with E-state index in [1.807, 2.05) is 16.8 Å². The van der Waals surface area contributed by atoms with Gasteiger partial charge in [0.1, 0.15) is 5.82 Å². The van der Waals surface area contributed by atoms with Crippen molar-refractivity contribution in [2.24, 2.45) is 0 Å². The number of anilines is 1. The van der Waals surface area contributed by atoms with Gasteiger partial charge in [-0.3, -0.25) is 0 Å². The second kappa shape index (κ2) is 3.18. The highest BCUT2D eigenvalue weighted by molar-refractivity contribution is 9.10. The Kier molecular flexibility index (Phi) is 2.02. The Balaban J connectivity index is 2.59. The fourth-order valence-corrected chi connectivity index (χ4v) is 1.49. The Bertz CT molecular complexity index is 410. The van der Waals surface area contributed by atoms with Gasteiger partial charge in [-0.15, -0.1) is 0 Å². The van der Waals surface area contributed by atoms with Crippen LogP contribution in [0.3, 0.4) is 0 Å². The predicted octanol–water partition coefficient (Wildman–Crippen LogP) is 1.61. The van der Waals surface area contributed by atoms with E-state index in [1.165, 1.54) is 0 Å². The Labute approximate surface area is 83.6 Å². The number of nitrogens with zero attached hydrogens (tertiary/aromatic N) is 3. The number of imidazole rings is 1. The predicted molar refractivity (Wildman–Crippen MR) is 53.5 cm³/mol. The minimum absolute atomic E-state index is 0.478. The summed E-state index contributed by atoms with van der Waals surface area (Å²) in [6, 6.07) is 1.86. The van der Waals surface area contributed by atoms with E-state index in [0.717, 1.165) is 10.2 Å². The summed E-state index contributed by atoms with van der Waals surface area (Å²) in [6.07, 6.45) is 6.93. The SMILES string of the molecule is Nc1nccc(-n2ccnc2)c1Br. The van der Waals surface area contributed by atoms with Crippen LogP contribution in [0.4, 0.5) is 5.82 Å². The van der Waals surface area contributed by atoms with Crippen molar-refractivity contribution in [3.05, 3.63) is 35.5 Å². The molecule has 2 aromatic heterocycles. The van der Waals surface area contributed by atoms with Crippen LogP contribution < -0.4 is 5.73 Å². The van der Waals surface area contributed by atoms with Gasteiger partial charge in [0.25, 0.3) is 0 Å². The Morgan fingerprint density at radius 3 is 2.92 bits per heavy atom. The lowest BCUT2D eigenvalue weighted by Crippen LogP contribution is -1.97. The van der Waals surface area contributed by atoms with Crippen LogP contribution in [0.2, 0.25) is 0 Å². The average molecular weight is 239 g/mol. The number of pyridine rings is 1. The molecule has 0 radical (unpaired) electrons. The number of nitrogen functional groups attached to an aromatic ring is 1. The minimum atomic E-state index is 0.478. The van der Waals surface area contributed by atoms with E-state index in [1.54, 1.807) is 18.7 Å². The highest BCUT2D eigenvalue weighted by atomic mass is 79.9. The fourth-order valence-electron chi connectivity index (χ4n) is 1.05. The number of aromatic nitrogens is 3. The number of hydrogen-bond acceptors (Lipinski definition) is 3. The molecule has 13 heavy (non-hydrogen) atoms. The molecule has 2 heterocycles. The molecule has 0 atom stereocenters. The second-order valence-corrected chi connectivity index (χ2v) is 3.29. The molecule has 0 bridgehead atoms. The largest absolute Gasteiger partial charge is 0.383 e. The monoisotopic (exact) mass is 238 g/mol. The van der Waals surface area contributed by atoms with Gasteiger partial charge in [-0.2, -0.15) is 0 Å². The van der Waals surface area contributed by atoms with Crippen LogP contribution in [0.15, 0.2) is 35.5 Å². The summed E-state index contributed by atoms with van der Waals surface area (Å²) in [7, 11) is 0. The third-order valence-electron chi connectivity index (χ3n) is 1.68. The van der Waals surface area contributed by atoms with E-state index in [-0.39, 0.29) is 0 Å². The number of halogens is 1. The highest BCUT2D eigenvalue weighted by Gasteiger charge is 2.04. The van der Waals surface area contributed by atoms with Crippen molar-refractivity contribution < 1.29 is 0 Å². The molecule has 0 saturated carbocycles. The lowest BCUT2D eigenvalue weighted by molar-refractivity contribution is 1.04. The molecule has 5 heteroatoms. The summed E-state index contributed by atoms with van der Waals surface area (Å²) in [5.74, 6) is 0.478. The van der Waals surface area contributed by atoms with Gasteiger partial charge in [-0.25, -0.2) is 9.97 Å². The van der Waals surface area contributed by atoms with Crippen LogP contribution in [0.5, 0.6) is 0 Å². The zero-order valence-corrected chi connectivity index (χ0v) is 8.27. The maximum Gasteiger partial charge on any atom is 0.139 e. The molecule has 2 aromatic rings. The zero-order chi connectivity index (χ0) is 9.26. The van der Waals surface area contributed by atoms with Crippen LogP contribution in [-0.2, 0) is 0 Å². The fraction of sp³-hybridized carbons (Fsp3) is 0. The van der Waals surface area contributed by atoms with Gasteiger partial charge in [0.05, 0.1) is 16.5 Å². The summed E-state index contributed by atoms with van der Waals surface area (Å²) >= 11 is 3.37. The van der Waals surface area contributed by atoms with Gasteiger partial charge >= 0.3 is 0 Å². The number of hydrogen-bond donors (Lipinski definition) is 1. The minimum Gasteiger partial charge on any atom is -0.383 e. The van der Waals surface area contributed by atoms with Crippen molar-refractivity contribution in [2.75, 3.05) is 5.73 Å². The van der Waals surface area contributed by atoms with E-state index in [4.69, 9.17) is 5.73 Å². The van der Waals surface area contributed by atoms with Gasteiger partial charge in [-0.1, -0.05) is 0 Å². The molecule has 0 aliphatic carbocycles. The maximum atomic E-state index is 5.63. The molecule has 4 nitrogen and oxygen atoms in total. The van der Waals surface area contributed by atoms with Gasteiger partial charge in [0, 0.05) is 18.6 Å². The molecule has 0 saturated heterocycles. The summed E-state index contributed by atoms with van der Waals surface area (Å²) < 4.78 is 2.65. The van der Waals surface area contributed by atoms with E-state index in [9.17, 15) is 0 Å². The number of rotatable bonds is 1. The smallest absolute Gasteiger partial charge is 0.139 e. The van der Waals surface area contributed by atoms with E-state index < -0.39 is 0 Å². The first-order valence-electron chi connectivity index (χ1n) is 3.67. The number of nitrogens with two attached hydrogens (primary N) is 1. The van der Waals surface area contributed by atoms with Crippen molar-refractivity contribution >= 4 is 21.7 Å². The van der Waals surface area contributed by atoms with E-state index >= 15 is 0 Å².